The van der Waals surface area contributed by atoms with Gasteiger partial charge in [-0.3, -0.25) is 9.59 Å². The second-order valence-electron chi connectivity index (χ2n) is 13.1. The highest BCUT2D eigenvalue weighted by molar-refractivity contribution is 7.99. The molecule has 2 heterocycles. The summed E-state index contributed by atoms with van der Waals surface area (Å²) in [6, 6.07) is 28.2. The summed E-state index contributed by atoms with van der Waals surface area (Å²) in [5.41, 5.74) is 5.03. The van der Waals surface area contributed by atoms with E-state index in [1.54, 1.807) is 30.3 Å². The molecule has 5 atom stereocenters. The average molecular weight is 749 g/mol. The number of aromatic carboxylic acids is 1. The van der Waals surface area contributed by atoms with Gasteiger partial charge in [-0.1, -0.05) is 91.9 Å². The number of rotatable bonds is 11. The minimum absolute atomic E-state index is 0.0507. The van der Waals surface area contributed by atoms with Gasteiger partial charge in [-0.15, -0.1) is 11.8 Å². The molecule has 13 heteroatoms. The summed E-state index contributed by atoms with van der Waals surface area (Å²) in [7, 11) is 0. The molecule has 4 aromatic rings. The van der Waals surface area contributed by atoms with Crippen molar-refractivity contribution in [1.29, 1.82) is 0 Å². The number of carboxylic acid groups (broad SMARTS) is 1. The molecular formula is C40H39F3N2O7S. The molecule has 2 amide bonds. The summed E-state index contributed by atoms with van der Waals surface area (Å²) in [5.74, 6) is -3.28. The molecule has 6 rings (SSSR count). The monoisotopic (exact) mass is 748 g/mol. The Kier molecular flexibility index (Phi) is 11.9. The number of carbonyl (C=O) groups is 3. The predicted octanol–water partition coefficient (Wildman–Crippen LogP) is 7.30. The van der Waals surface area contributed by atoms with Gasteiger partial charge in [0.1, 0.15) is 6.04 Å². The van der Waals surface area contributed by atoms with E-state index < -0.39 is 36.3 Å². The van der Waals surface area contributed by atoms with E-state index in [1.165, 1.54) is 11.8 Å². The molecule has 9 nitrogen and oxygen atoms in total. The maximum Gasteiger partial charge on any atom is 0.471 e. The number of carbonyl (C=O) groups excluding carboxylic acids is 2. The minimum atomic E-state index is -5.05. The zero-order valence-electron chi connectivity index (χ0n) is 28.8. The van der Waals surface area contributed by atoms with E-state index in [-0.39, 0.29) is 49.8 Å². The summed E-state index contributed by atoms with van der Waals surface area (Å²) >= 11 is 1.41. The fourth-order valence-electron chi connectivity index (χ4n) is 6.77. The van der Waals surface area contributed by atoms with Crippen LogP contribution in [0.4, 0.5) is 13.2 Å². The highest BCUT2D eigenvalue weighted by Gasteiger charge is 2.47. The number of nitrogens with one attached hydrogen (secondary N) is 1. The van der Waals surface area contributed by atoms with Crippen molar-refractivity contribution >= 4 is 29.5 Å². The number of hydrogen-bond donors (Lipinski definition) is 3. The van der Waals surface area contributed by atoms with Crippen LogP contribution in [0.3, 0.4) is 0 Å². The summed E-state index contributed by atoms with van der Waals surface area (Å²) < 4.78 is 52.5. The molecule has 0 radical (unpaired) electrons. The molecule has 0 aromatic heterocycles. The number of thioether (sulfide) groups is 1. The Morgan fingerprint density at radius 2 is 1.58 bits per heavy atom. The van der Waals surface area contributed by atoms with E-state index in [4.69, 9.17) is 9.47 Å². The van der Waals surface area contributed by atoms with Gasteiger partial charge in [-0.05, 0) is 52.8 Å². The SMILES string of the molecule is C[C@H]1[C@@H](CSc2ccccc2C(=O)O)O[C@@H](c2ccc(-c3ccccc3CNC(=O)[C@@H]3CCCN3C(=O)C(F)(F)F)cc2)O[C@H]1c1ccc(CO)cc1. The third kappa shape index (κ3) is 8.76. The van der Waals surface area contributed by atoms with Gasteiger partial charge in [0.15, 0.2) is 6.29 Å². The van der Waals surface area contributed by atoms with Crippen LogP contribution < -0.4 is 5.32 Å². The van der Waals surface area contributed by atoms with E-state index >= 15 is 0 Å². The number of hydrogen-bond acceptors (Lipinski definition) is 7. The van der Waals surface area contributed by atoms with Gasteiger partial charge in [0.05, 0.1) is 24.4 Å². The van der Waals surface area contributed by atoms with Crippen molar-refractivity contribution in [3.8, 4) is 11.1 Å². The van der Waals surface area contributed by atoms with Gasteiger partial charge in [-0.25, -0.2) is 4.79 Å². The van der Waals surface area contributed by atoms with Gasteiger partial charge >= 0.3 is 18.1 Å². The van der Waals surface area contributed by atoms with Crippen LogP contribution in [-0.2, 0) is 32.2 Å². The Bertz CT molecular complexity index is 1920. The topological polar surface area (TPSA) is 125 Å². The van der Waals surface area contributed by atoms with Gasteiger partial charge in [0.2, 0.25) is 5.91 Å². The molecule has 0 saturated carbocycles. The first-order valence-electron chi connectivity index (χ1n) is 17.2. The predicted molar refractivity (Wildman–Crippen MR) is 192 cm³/mol. The number of likely N-dealkylation sites (tertiary alicyclic amines) is 1. The van der Waals surface area contributed by atoms with E-state index in [0.29, 0.717) is 22.0 Å². The summed E-state index contributed by atoms with van der Waals surface area (Å²) in [6.45, 7) is 1.88. The van der Waals surface area contributed by atoms with Crippen LogP contribution in [0.25, 0.3) is 11.1 Å². The fraction of sp³-hybridized carbons (Fsp3) is 0.325. The zero-order valence-corrected chi connectivity index (χ0v) is 29.6. The van der Waals surface area contributed by atoms with Crippen LogP contribution in [0.5, 0.6) is 0 Å². The number of benzene rings is 4. The number of nitrogens with zero attached hydrogens (tertiary/aromatic N) is 1. The standard InChI is InChI=1S/C40H39F3N2O7S/c1-24-33(23-53-34-11-5-4-9-31(34)37(48)49)51-38(52-35(24)27-14-12-25(22-46)13-15-27)28-18-16-26(17-19-28)30-8-3-2-7-29(30)21-44-36(47)32-10-6-20-45(32)39(50)40(41,42)43/h2-5,7-9,11-19,24,32-33,35,38,46H,6,10,20-23H2,1H3,(H,44,47)(H,48,49)/t24-,32-,33+,35+,38+/m0/s1. The first-order valence-corrected chi connectivity index (χ1v) is 18.2. The second kappa shape index (κ2) is 16.5. The van der Waals surface area contributed by atoms with E-state index in [0.717, 1.165) is 33.4 Å². The molecule has 2 fully saturated rings. The maximum atomic E-state index is 13.1. The van der Waals surface area contributed by atoms with Gasteiger partial charge in [0, 0.05) is 35.2 Å². The van der Waals surface area contributed by atoms with Crippen LogP contribution in [0.15, 0.2) is 102 Å². The lowest BCUT2D eigenvalue weighted by atomic mass is 9.91. The van der Waals surface area contributed by atoms with Gasteiger partial charge in [0.25, 0.3) is 0 Å². The van der Waals surface area contributed by atoms with Gasteiger partial charge < -0.3 is 29.9 Å². The minimum Gasteiger partial charge on any atom is -0.478 e. The lowest BCUT2D eigenvalue weighted by Gasteiger charge is -2.41. The molecular weight excluding hydrogens is 710 g/mol. The number of alkyl halides is 3. The lowest BCUT2D eigenvalue weighted by Crippen LogP contribution is -2.50. The van der Waals surface area contributed by atoms with E-state index in [9.17, 15) is 37.8 Å². The largest absolute Gasteiger partial charge is 0.478 e. The average Bonchev–Trinajstić information content (AvgIpc) is 3.66. The zero-order chi connectivity index (χ0) is 37.7. The molecule has 0 aliphatic carbocycles. The van der Waals surface area contributed by atoms with Crippen LogP contribution >= 0.6 is 11.8 Å². The maximum absolute atomic E-state index is 13.1. The van der Waals surface area contributed by atoms with Crippen molar-refractivity contribution in [1.82, 2.24) is 10.2 Å². The van der Waals surface area contributed by atoms with Crippen molar-refractivity contribution in [2.45, 2.75) is 68.5 Å². The highest BCUT2D eigenvalue weighted by Crippen LogP contribution is 2.43. The molecule has 2 aliphatic heterocycles. The molecule has 2 saturated heterocycles. The number of amides is 2. The first-order chi connectivity index (χ1) is 25.4. The summed E-state index contributed by atoms with van der Waals surface area (Å²) in [4.78, 5) is 37.9. The molecule has 0 unspecified atom stereocenters. The van der Waals surface area contributed by atoms with Crippen LogP contribution in [-0.4, -0.2) is 63.5 Å². The second-order valence-corrected chi connectivity index (χ2v) is 14.1. The Hall–Kier alpha value is -4.69. The smallest absolute Gasteiger partial charge is 0.471 e. The third-order valence-electron chi connectivity index (χ3n) is 9.67. The number of ether oxygens (including phenoxy) is 2. The third-order valence-corrected chi connectivity index (χ3v) is 10.8. The van der Waals surface area contributed by atoms with Crippen molar-refractivity contribution < 1.29 is 47.2 Å². The molecule has 278 valence electrons. The van der Waals surface area contributed by atoms with Gasteiger partial charge in [-0.2, -0.15) is 13.2 Å². The highest BCUT2D eigenvalue weighted by atomic mass is 32.2. The number of carboxylic acids is 1. The van der Waals surface area contributed by atoms with Crippen molar-refractivity contribution in [2.75, 3.05) is 12.3 Å². The van der Waals surface area contributed by atoms with Crippen LogP contribution in [0.2, 0.25) is 0 Å². The molecule has 4 aromatic carbocycles. The van der Waals surface area contributed by atoms with Crippen LogP contribution in [0, 0.1) is 5.92 Å². The number of aliphatic hydroxyl groups is 1. The molecule has 2 aliphatic rings. The Morgan fingerprint density at radius 3 is 2.28 bits per heavy atom. The first kappa shape index (κ1) is 38.0. The molecule has 0 spiro atoms. The Labute approximate surface area is 309 Å². The van der Waals surface area contributed by atoms with Crippen molar-refractivity contribution in [3.05, 3.63) is 125 Å². The molecule has 53 heavy (non-hydrogen) atoms. The number of aliphatic hydroxyl groups excluding tert-OH is 1. The molecule has 0 bridgehead atoms. The van der Waals surface area contributed by atoms with E-state index in [1.807, 2.05) is 73.7 Å². The fourth-order valence-corrected chi connectivity index (χ4v) is 7.98. The van der Waals surface area contributed by atoms with Crippen molar-refractivity contribution in [2.24, 2.45) is 5.92 Å². The quantitative estimate of drug-likeness (QED) is 0.137. The lowest BCUT2D eigenvalue weighted by molar-refractivity contribution is -0.268. The Balaban J connectivity index is 1.19. The number of halogens is 3. The van der Waals surface area contributed by atoms with Crippen LogP contribution in [0.1, 0.15) is 64.8 Å². The molecule has 3 N–H and O–H groups in total. The van der Waals surface area contributed by atoms with E-state index in [2.05, 4.69) is 5.32 Å². The summed E-state index contributed by atoms with van der Waals surface area (Å²) in [6.07, 6.45) is -6.03. The normalized spacial score (nSPS) is 21.7. The summed E-state index contributed by atoms with van der Waals surface area (Å²) in [5, 5.41) is 22.0. The van der Waals surface area contributed by atoms with Crippen molar-refractivity contribution in [3.63, 3.8) is 0 Å². The Morgan fingerprint density at radius 1 is 0.906 bits per heavy atom.